The van der Waals surface area contributed by atoms with Gasteiger partial charge in [-0.15, -0.1) is 0 Å². The summed E-state index contributed by atoms with van der Waals surface area (Å²) >= 11 is 0. The quantitative estimate of drug-likeness (QED) is 0.338. The summed E-state index contributed by atoms with van der Waals surface area (Å²) in [6.07, 6.45) is 5.62. The first kappa shape index (κ1) is 29.3. The van der Waals surface area contributed by atoms with Gasteiger partial charge in [0.15, 0.2) is 0 Å². The second-order valence-corrected chi connectivity index (χ2v) is 12.3. The van der Waals surface area contributed by atoms with E-state index < -0.39 is 28.5 Å². The Morgan fingerprint density at radius 3 is 2.08 bits per heavy atom. The highest BCUT2D eigenvalue weighted by molar-refractivity contribution is 7.92. The second-order valence-electron chi connectivity index (χ2n) is 10.4. The van der Waals surface area contributed by atoms with E-state index in [1.165, 1.54) is 23.5 Å². The maximum Gasteiger partial charge on any atom is 0.264 e. The predicted molar refractivity (Wildman–Crippen MR) is 158 cm³/mol. The van der Waals surface area contributed by atoms with E-state index in [4.69, 9.17) is 0 Å². The van der Waals surface area contributed by atoms with Crippen LogP contribution in [-0.4, -0.2) is 43.8 Å². The van der Waals surface area contributed by atoms with Gasteiger partial charge < -0.3 is 10.2 Å². The zero-order valence-electron chi connectivity index (χ0n) is 23.3. The summed E-state index contributed by atoms with van der Waals surface area (Å²) in [7, 11) is -4.06. The molecule has 4 rings (SSSR count). The summed E-state index contributed by atoms with van der Waals surface area (Å²) in [6, 6.07) is 24.0. The molecule has 0 heterocycles. The molecule has 3 aromatic rings. The summed E-state index contributed by atoms with van der Waals surface area (Å²) in [5.74, 6) is -0.624. The fourth-order valence-corrected chi connectivity index (χ4v) is 6.64. The Labute approximate surface area is 238 Å². The topological polar surface area (TPSA) is 86.8 Å². The lowest BCUT2D eigenvalue weighted by molar-refractivity contribution is -0.140. The van der Waals surface area contributed by atoms with E-state index in [9.17, 15) is 18.0 Å². The number of hydrogen-bond acceptors (Lipinski definition) is 4. The third kappa shape index (κ3) is 7.30. The van der Waals surface area contributed by atoms with Crippen LogP contribution in [0.1, 0.15) is 56.6 Å². The molecule has 40 heavy (non-hydrogen) atoms. The van der Waals surface area contributed by atoms with Gasteiger partial charge >= 0.3 is 0 Å². The summed E-state index contributed by atoms with van der Waals surface area (Å²) in [6.45, 7) is 3.57. The van der Waals surface area contributed by atoms with Crippen molar-refractivity contribution in [2.75, 3.05) is 10.8 Å². The first-order valence-corrected chi connectivity index (χ1v) is 15.5. The molecule has 0 aromatic heterocycles. The van der Waals surface area contributed by atoms with Crippen LogP contribution in [0.5, 0.6) is 0 Å². The lowest BCUT2D eigenvalue weighted by Gasteiger charge is -2.34. The largest absolute Gasteiger partial charge is 0.352 e. The maximum atomic E-state index is 14.1. The molecule has 1 N–H and O–H groups in total. The Kier molecular flexibility index (Phi) is 9.98. The lowest BCUT2D eigenvalue weighted by atomic mass is 9.95. The smallest absolute Gasteiger partial charge is 0.264 e. The van der Waals surface area contributed by atoms with E-state index in [0.29, 0.717) is 12.1 Å². The van der Waals surface area contributed by atoms with Crippen LogP contribution in [-0.2, 0) is 26.2 Å². The molecule has 0 bridgehead atoms. The third-order valence-corrected chi connectivity index (χ3v) is 9.25. The van der Waals surface area contributed by atoms with Gasteiger partial charge in [-0.1, -0.05) is 92.4 Å². The van der Waals surface area contributed by atoms with Crippen LogP contribution >= 0.6 is 0 Å². The minimum Gasteiger partial charge on any atom is -0.352 e. The van der Waals surface area contributed by atoms with Crippen LogP contribution in [0.4, 0.5) is 5.69 Å². The number of carbonyl (C=O) groups excluding carboxylic acids is 2. The van der Waals surface area contributed by atoms with E-state index in [2.05, 4.69) is 5.32 Å². The van der Waals surface area contributed by atoms with Crippen molar-refractivity contribution in [3.63, 3.8) is 0 Å². The van der Waals surface area contributed by atoms with Crippen molar-refractivity contribution >= 4 is 27.5 Å². The summed E-state index contributed by atoms with van der Waals surface area (Å²) in [5, 5.41) is 3.17. The van der Waals surface area contributed by atoms with Crippen LogP contribution in [0.2, 0.25) is 0 Å². The van der Waals surface area contributed by atoms with Crippen LogP contribution in [0.3, 0.4) is 0 Å². The van der Waals surface area contributed by atoms with Gasteiger partial charge in [0.25, 0.3) is 10.0 Å². The number of benzene rings is 3. The number of hydrogen-bond donors (Lipinski definition) is 1. The Morgan fingerprint density at radius 2 is 1.48 bits per heavy atom. The van der Waals surface area contributed by atoms with Gasteiger partial charge in [0.1, 0.15) is 12.6 Å². The monoisotopic (exact) mass is 561 g/mol. The van der Waals surface area contributed by atoms with Gasteiger partial charge in [-0.2, -0.15) is 0 Å². The van der Waals surface area contributed by atoms with E-state index in [1.54, 1.807) is 30.3 Å². The highest BCUT2D eigenvalue weighted by Crippen LogP contribution is 2.25. The fourth-order valence-electron chi connectivity index (χ4n) is 5.20. The molecule has 1 saturated carbocycles. The lowest BCUT2D eigenvalue weighted by Crippen LogP contribution is -2.54. The molecule has 3 aromatic carbocycles. The molecule has 1 aliphatic rings. The Balaban J connectivity index is 1.67. The van der Waals surface area contributed by atoms with Gasteiger partial charge in [-0.05, 0) is 56.0 Å². The zero-order chi connectivity index (χ0) is 28.5. The first-order valence-electron chi connectivity index (χ1n) is 14.1. The molecule has 8 heteroatoms. The molecule has 0 radical (unpaired) electrons. The van der Waals surface area contributed by atoms with Crippen LogP contribution < -0.4 is 9.62 Å². The first-order chi connectivity index (χ1) is 19.3. The van der Waals surface area contributed by atoms with Crippen LogP contribution in [0.15, 0.2) is 89.8 Å². The number of amides is 2. The van der Waals surface area contributed by atoms with Gasteiger partial charge in [0.05, 0.1) is 10.6 Å². The highest BCUT2D eigenvalue weighted by atomic mass is 32.2. The number of carbonyl (C=O) groups is 2. The SMILES string of the molecule is CC[C@H](C(=O)NC1CCCCC1)N(Cc1ccccc1)C(=O)CN(c1ccc(C)cc1)S(=O)(=O)c1ccccc1. The molecule has 0 saturated heterocycles. The van der Waals surface area contributed by atoms with Gasteiger partial charge in [-0.3, -0.25) is 13.9 Å². The van der Waals surface area contributed by atoms with Crippen molar-refractivity contribution in [1.82, 2.24) is 10.2 Å². The highest BCUT2D eigenvalue weighted by Gasteiger charge is 2.34. The molecule has 212 valence electrons. The molecule has 7 nitrogen and oxygen atoms in total. The number of nitrogens with one attached hydrogen (secondary N) is 1. The van der Waals surface area contributed by atoms with Gasteiger partial charge in [0, 0.05) is 12.6 Å². The summed E-state index contributed by atoms with van der Waals surface area (Å²) in [5.41, 5.74) is 2.23. The molecule has 1 fully saturated rings. The van der Waals surface area contributed by atoms with Crippen LogP contribution in [0, 0.1) is 6.92 Å². The third-order valence-electron chi connectivity index (χ3n) is 7.47. The van der Waals surface area contributed by atoms with Crippen molar-refractivity contribution < 1.29 is 18.0 Å². The number of anilines is 1. The van der Waals surface area contributed by atoms with Gasteiger partial charge in [0.2, 0.25) is 11.8 Å². The Hall–Kier alpha value is -3.65. The number of rotatable bonds is 11. The van der Waals surface area contributed by atoms with E-state index in [1.807, 2.05) is 56.3 Å². The van der Waals surface area contributed by atoms with Crippen molar-refractivity contribution in [3.05, 3.63) is 96.1 Å². The van der Waals surface area contributed by atoms with E-state index in [0.717, 1.165) is 41.1 Å². The molecule has 0 unspecified atom stereocenters. The molecular weight excluding hydrogens is 522 g/mol. The average Bonchev–Trinajstić information content (AvgIpc) is 2.97. The molecule has 0 aliphatic heterocycles. The minimum atomic E-state index is -4.06. The van der Waals surface area contributed by atoms with Crippen molar-refractivity contribution in [2.24, 2.45) is 0 Å². The Morgan fingerprint density at radius 1 is 0.875 bits per heavy atom. The van der Waals surface area contributed by atoms with Gasteiger partial charge in [-0.25, -0.2) is 8.42 Å². The zero-order valence-corrected chi connectivity index (χ0v) is 24.1. The normalized spacial score (nSPS) is 14.8. The summed E-state index contributed by atoms with van der Waals surface area (Å²) in [4.78, 5) is 29.3. The number of nitrogens with zero attached hydrogens (tertiary/aromatic N) is 2. The van der Waals surface area contributed by atoms with Crippen LogP contribution in [0.25, 0.3) is 0 Å². The molecule has 1 atom stereocenters. The summed E-state index contributed by atoms with van der Waals surface area (Å²) < 4.78 is 28.8. The molecule has 0 spiro atoms. The molecule has 1 aliphatic carbocycles. The fraction of sp³-hybridized carbons (Fsp3) is 0.375. The average molecular weight is 562 g/mol. The predicted octanol–water partition coefficient (Wildman–Crippen LogP) is 5.45. The van der Waals surface area contributed by atoms with Crippen molar-refractivity contribution in [3.8, 4) is 0 Å². The minimum absolute atomic E-state index is 0.0973. The Bertz CT molecular complexity index is 1360. The molecular formula is C32H39N3O4S. The molecule has 2 amide bonds. The van der Waals surface area contributed by atoms with Crippen molar-refractivity contribution in [2.45, 2.75) is 75.9 Å². The van der Waals surface area contributed by atoms with E-state index >= 15 is 0 Å². The number of sulfonamides is 1. The number of aryl methyl sites for hydroxylation is 1. The van der Waals surface area contributed by atoms with E-state index in [-0.39, 0.29) is 23.4 Å². The standard InChI is InChI=1S/C32H39N3O4S/c1-3-30(32(37)33-27-15-9-5-10-16-27)34(23-26-13-7-4-8-14-26)31(36)24-35(28-21-19-25(2)20-22-28)40(38,39)29-17-11-6-12-18-29/h4,6-8,11-14,17-22,27,30H,3,5,9-10,15-16,23-24H2,1-2H3,(H,33,37)/t30-/m1/s1. The maximum absolute atomic E-state index is 14.1. The van der Waals surface area contributed by atoms with Crippen molar-refractivity contribution in [1.29, 1.82) is 0 Å². The second kappa shape index (κ2) is 13.6.